The van der Waals surface area contributed by atoms with Gasteiger partial charge in [-0.05, 0) is 65.4 Å². The number of fused-ring (bicyclic) bond motifs is 1. The number of halogens is 2. The van der Waals surface area contributed by atoms with Crippen LogP contribution in [0.25, 0.3) is 16.9 Å². The van der Waals surface area contributed by atoms with Gasteiger partial charge in [0.25, 0.3) is 0 Å². The van der Waals surface area contributed by atoms with Crippen LogP contribution in [0, 0.1) is 3.57 Å². The maximum Gasteiger partial charge on any atom is 0.133 e. The first-order valence-electron chi connectivity index (χ1n) is 7.10. The summed E-state index contributed by atoms with van der Waals surface area (Å²) < 4.78 is 4.33. The highest BCUT2D eigenvalue weighted by molar-refractivity contribution is 14.1. The molecule has 0 atom stereocenters. The quantitative estimate of drug-likeness (QED) is 0.547. The van der Waals surface area contributed by atoms with Crippen molar-refractivity contribution in [1.29, 1.82) is 0 Å². The van der Waals surface area contributed by atoms with E-state index in [2.05, 4.69) is 86.3 Å². The number of hydrogen-bond acceptors (Lipinski definition) is 2. The van der Waals surface area contributed by atoms with Crippen molar-refractivity contribution in [3.63, 3.8) is 0 Å². The molecular formula is C17H13BrIN3. The number of benzene rings is 2. The van der Waals surface area contributed by atoms with Crippen LogP contribution in [0.2, 0.25) is 0 Å². The van der Waals surface area contributed by atoms with Gasteiger partial charge in [0.2, 0.25) is 0 Å². The second kappa shape index (κ2) is 5.70. The number of hydrogen-bond donors (Lipinski definition) is 1. The third-order valence-electron chi connectivity index (χ3n) is 3.82. The van der Waals surface area contributed by atoms with E-state index in [0.29, 0.717) is 0 Å². The van der Waals surface area contributed by atoms with Gasteiger partial charge < -0.3 is 5.32 Å². The fourth-order valence-corrected chi connectivity index (χ4v) is 3.57. The lowest BCUT2D eigenvalue weighted by Gasteiger charge is -2.06. The molecular weight excluding hydrogens is 453 g/mol. The Labute approximate surface area is 151 Å². The van der Waals surface area contributed by atoms with Crippen molar-refractivity contribution < 1.29 is 0 Å². The van der Waals surface area contributed by atoms with E-state index in [9.17, 15) is 0 Å². The Morgan fingerprint density at radius 2 is 1.95 bits per heavy atom. The molecule has 1 aromatic heterocycles. The molecule has 0 radical (unpaired) electrons. The molecule has 22 heavy (non-hydrogen) atoms. The summed E-state index contributed by atoms with van der Waals surface area (Å²) in [5.41, 5.74) is 4.61. The van der Waals surface area contributed by atoms with Crippen molar-refractivity contribution in [3.8, 4) is 16.9 Å². The van der Waals surface area contributed by atoms with Crippen molar-refractivity contribution >= 4 is 44.3 Å². The zero-order valence-corrected chi connectivity index (χ0v) is 15.4. The van der Waals surface area contributed by atoms with Crippen molar-refractivity contribution in [2.45, 2.75) is 6.42 Å². The first-order chi connectivity index (χ1) is 10.7. The van der Waals surface area contributed by atoms with Gasteiger partial charge in [0.1, 0.15) is 5.82 Å². The van der Waals surface area contributed by atoms with E-state index < -0.39 is 0 Å². The van der Waals surface area contributed by atoms with Crippen molar-refractivity contribution in [2.24, 2.45) is 0 Å². The SMILES string of the molecule is Brc1cccc(-c2nn(-c3ccc(I)cc3)c3c2CCN3)c1. The van der Waals surface area contributed by atoms with E-state index in [4.69, 9.17) is 5.10 Å². The van der Waals surface area contributed by atoms with E-state index in [-0.39, 0.29) is 0 Å². The standard InChI is InChI=1S/C17H13BrIN3/c18-12-3-1-2-11(10-12)16-15-8-9-20-17(15)22(21-16)14-6-4-13(19)5-7-14/h1-7,10,20H,8-9H2. The number of nitrogens with one attached hydrogen (secondary N) is 1. The lowest BCUT2D eigenvalue weighted by molar-refractivity contribution is 0.882. The Morgan fingerprint density at radius 3 is 2.73 bits per heavy atom. The van der Waals surface area contributed by atoms with Gasteiger partial charge in [-0.3, -0.25) is 0 Å². The summed E-state index contributed by atoms with van der Waals surface area (Å²) in [4.78, 5) is 0. The van der Waals surface area contributed by atoms with Gasteiger partial charge in [-0.2, -0.15) is 5.10 Å². The third kappa shape index (κ3) is 2.46. The highest BCUT2D eigenvalue weighted by Gasteiger charge is 2.23. The Morgan fingerprint density at radius 1 is 1.14 bits per heavy atom. The third-order valence-corrected chi connectivity index (χ3v) is 5.03. The van der Waals surface area contributed by atoms with Gasteiger partial charge in [-0.15, -0.1) is 0 Å². The molecule has 0 aliphatic carbocycles. The van der Waals surface area contributed by atoms with Gasteiger partial charge >= 0.3 is 0 Å². The van der Waals surface area contributed by atoms with Crippen molar-refractivity contribution in [1.82, 2.24) is 9.78 Å². The average Bonchev–Trinajstić information content (AvgIpc) is 3.10. The van der Waals surface area contributed by atoms with Gasteiger partial charge in [-0.1, -0.05) is 28.1 Å². The predicted octanol–water partition coefficient (Wildman–Crippen LogP) is 4.87. The monoisotopic (exact) mass is 465 g/mol. The van der Waals surface area contributed by atoms with Gasteiger partial charge in [0.15, 0.2) is 0 Å². The summed E-state index contributed by atoms with van der Waals surface area (Å²) in [7, 11) is 0. The van der Waals surface area contributed by atoms with E-state index in [0.717, 1.165) is 40.2 Å². The zero-order chi connectivity index (χ0) is 15.1. The van der Waals surface area contributed by atoms with Crippen LogP contribution in [0.15, 0.2) is 53.0 Å². The fourth-order valence-electron chi connectivity index (χ4n) is 2.81. The highest BCUT2D eigenvalue weighted by Crippen LogP contribution is 2.35. The van der Waals surface area contributed by atoms with Crippen LogP contribution < -0.4 is 5.32 Å². The van der Waals surface area contributed by atoms with Gasteiger partial charge in [0.05, 0.1) is 11.4 Å². The lowest BCUT2D eigenvalue weighted by atomic mass is 10.1. The molecule has 0 bridgehead atoms. The minimum absolute atomic E-state index is 0.971. The molecule has 1 N–H and O–H groups in total. The summed E-state index contributed by atoms with van der Waals surface area (Å²) in [6.07, 6.45) is 1.02. The largest absolute Gasteiger partial charge is 0.369 e. The highest BCUT2D eigenvalue weighted by atomic mass is 127. The summed E-state index contributed by atoms with van der Waals surface area (Å²) >= 11 is 5.87. The van der Waals surface area contributed by atoms with Crippen molar-refractivity contribution in [3.05, 3.63) is 62.1 Å². The summed E-state index contributed by atoms with van der Waals surface area (Å²) in [5.74, 6) is 1.12. The van der Waals surface area contributed by atoms with Crippen LogP contribution in [0.3, 0.4) is 0 Å². The first-order valence-corrected chi connectivity index (χ1v) is 8.97. The minimum Gasteiger partial charge on any atom is -0.369 e. The lowest BCUT2D eigenvalue weighted by Crippen LogP contribution is -2.04. The van der Waals surface area contributed by atoms with Crippen molar-refractivity contribution in [2.75, 3.05) is 11.9 Å². The van der Waals surface area contributed by atoms with Crippen LogP contribution in [-0.2, 0) is 6.42 Å². The molecule has 4 rings (SSSR count). The maximum absolute atomic E-state index is 4.87. The van der Waals surface area contributed by atoms with Crippen LogP contribution in [-0.4, -0.2) is 16.3 Å². The molecule has 3 nitrogen and oxygen atoms in total. The number of anilines is 1. The molecule has 0 saturated carbocycles. The Kier molecular flexibility index (Phi) is 3.69. The summed E-state index contributed by atoms with van der Waals surface area (Å²) in [6, 6.07) is 16.8. The van der Waals surface area contributed by atoms with Crippen LogP contribution >= 0.6 is 38.5 Å². The van der Waals surface area contributed by atoms with Gasteiger partial charge in [0, 0.05) is 25.7 Å². The van der Waals surface area contributed by atoms with E-state index in [1.54, 1.807) is 0 Å². The normalized spacial score (nSPS) is 13.0. The number of rotatable bonds is 2. The van der Waals surface area contributed by atoms with Crippen LogP contribution in [0.5, 0.6) is 0 Å². The second-order valence-corrected chi connectivity index (χ2v) is 7.41. The smallest absolute Gasteiger partial charge is 0.133 e. The Hall–Kier alpha value is -1.34. The maximum atomic E-state index is 4.87. The summed E-state index contributed by atoms with van der Waals surface area (Å²) in [5, 5.41) is 8.35. The molecule has 2 aromatic carbocycles. The predicted molar refractivity (Wildman–Crippen MR) is 102 cm³/mol. The average molecular weight is 466 g/mol. The Balaban J connectivity index is 1.88. The molecule has 5 heteroatoms. The molecule has 0 saturated heterocycles. The summed E-state index contributed by atoms with van der Waals surface area (Å²) in [6.45, 7) is 0.971. The molecule has 0 amide bonds. The topological polar surface area (TPSA) is 29.9 Å². The zero-order valence-electron chi connectivity index (χ0n) is 11.7. The van der Waals surface area contributed by atoms with Crippen LogP contribution in [0.1, 0.15) is 5.56 Å². The first kappa shape index (κ1) is 14.3. The molecule has 2 heterocycles. The number of nitrogens with zero attached hydrogens (tertiary/aromatic N) is 2. The minimum atomic E-state index is 0.971. The fraction of sp³-hybridized carbons (Fsp3) is 0.118. The van der Waals surface area contributed by atoms with E-state index in [1.807, 2.05) is 10.7 Å². The van der Waals surface area contributed by atoms with Gasteiger partial charge in [-0.25, -0.2) is 4.68 Å². The molecule has 0 spiro atoms. The van der Waals surface area contributed by atoms with E-state index >= 15 is 0 Å². The Bertz CT molecular complexity index is 840. The molecule has 0 fully saturated rings. The molecule has 3 aromatic rings. The molecule has 0 unspecified atom stereocenters. The molecule has 110 valence electrons. The van der Waals surface area contributed by atoms with Crippen LogP contribution in [0.4, 0.5) is 5.82 Å². The molecule has 1 aliphatic heterocycles. The number of aromatic nitrogens is 2. The molecule has 1 aliphatic rings. The second-order valence-electron chi connectivity index (χ2n) is 5.25. The van der Waals surface area contributed by atoms with E-state index in [1.165, 1.54) is 9.13 Å².